The molecule has 1 fully saturated rings. The number of amides is 1. The van der Waals surface area contributed by atoms with E-state index in [4.69, 9.17) is 22.7 Å². The van der Waals surface area contributed by atoms with Gasteiger partial charge in [0, 0.05) is 12.1 Å². The third-order valence-corrected chi connectivity index (χ3v) is 5.67. The fourth-order valence-electron chi connectivity index (χ4n) is 3.64. The van der Waals surface area contributed by atoms with Crippen LogP contribution in [0.3, 0.4) is 0 Å². The number of nitriles is 2. The number of hydrogen-bond acceptors (Lipinski definition) is 4. The molecule has 0 saturated carbocycles. The number of alkyl halides is 3. The Morgan fingerprint density at radius 2 is 1.69 bits per heavy atom. The van der Waals surface area contributed by atoms with E-state index in [2.05, 4.69) is 6.07 Å². The summed E-state index contributed by atoms with van der Waals surface area (Å²) in [5.41, 5.74) is -1.17. The molecule has 0 radical (unpaired) electrons. The van der Waals surface area contributed by atoms with Gasteiger partial charge in [0.1, 0.15) is 5.54 Å². The van der Waals surface area contributed by atoms with Crippen molar-refractivity contribution < 1.29 is 18.0 Å². The van der Waals surface area contributed by atoms with Crippen LogP contribution in [-0.4, -0.2) is 16.6 Å². The number of aryl methyl sites for hydroxylation is 1. The molecule has 0 atom stereocenters. The lowest BCUT2D eigenvalue weighted by molar-refractivity contribution is -0.137. The number of carbonyl (C=O) groups excluding carboxylic acids is 1. The van der Waals surface area contributed by atoms with Crippen molar-refractivity contribution in [3.63, 3.8) is 0 Å². The van der Waals surface area contributed by atoms with Crippen molar-refractivity contribution >= 4 is 34.6 Å². The highest BCUT2D eigenvalue weighted by Crippen LogP contribution is 2.39. The van der Waals surface area contributed by atoms with Gasteiger partial charge in [0.25, 0.3) is 5.91 Å². The molecule has 1 amide bonds. The van der Waals surface area contributed by atoms with Crippen molar-refractivity contribution in [3.05, 3.63) is 59.2 Å². The fraction of sp³-hybridized carbons (Fsp3) is 0.304. The van der Waals surface area contributed by atoms with E-state index < -0.39 is 28.7 Å². The van der Waals surface area contributed by atoms with Crippen molar-refractivity contribution in [2.45, 2.75) is 44.8 Å². The van der Waals surface area contributed by atoms with Gasteiger partial charge < -0.3 is 4.90 Å². The predicted octanol–water partition coefficient (Wildman–Crippen LogP) is 5.34. The molecule has 0 unspecified atom stereocenters. The summed E-state index contributed by atoms with van der Waals surface area (Å²) in [7, 11) is 0. The zero-order chi connectivity index (χ0) is 23.7. The maximum atomic E-state index is 13.4. The van der Waals surface area contributed by atoms with E-state index in [9.17, 15) is 18.0 Å². The Labute approximate surface area is 189 Å². The van der Waals surface area contributed by atoms with Gasteiger partial charge in [0.05, 0.1) is 29.0 Å². The number of thiocarbonyl (C=S) groups is 1. The van der Waals surface area contributed by atoms with Crippen LogP contribution in [0.15, 0.2) is 42.5 Å². The summed E-state index contributed by atoms with van der Waals surface area (Å²) in [5, 5.41) is 17.7. The molecular weight excluding hydrogens is 437 g/mol. The number of rotatable bonds is 5. The minimum Gasteiger partial charge on any atom is -0.304 e. The summed E-state index contributed by atoms with van der Waals surface area (Å²) in [6.45, 7) is 3.30. The van der Waals surface area contributed by atoms with E-state index in [-0.39, 0.29) is 10.8 Å². The van der Waals surface area contributed by atoms with Crippen molar-refractivity contribution in [3.8, 4) is 12.1 Å². The first-order chi connectivity index (χ1) is 15.0. The Morgan fingerprint density at radius 1 is 1.06 bits per heavy atom. The summed E-state index contributed by atoms with van der Waals surface area (Å²) < 4.78 is 40.3. The number of anilines is 2. The summed E-state index contributed by atoms with van der Waals surface area (Å²) >= 11 is 5.52. The molecule has 2 aromatic carbocycles. The van der Waals surface area contributed by atoms with Gasteiger partial charge in [-0.25, -0.2) is 0 Å². The highest BCUT2D eigenvalue weighted by Gasteiger charge is 2.50. The van der Waals surface area contributed by atoms with Crippen LogP contribution >= 0.6 is 12.2 Å². The number of benzene rings is 2. The van der Waals surface area contributed by atoms with E-state index >= 15 is 0 Å². The predicted molar refractivity (Wildman–Crippen MR) is 118 cm³/mol. The Hall–Kier alpha value is -3.43. The number of carbonyl (C=O) groups is 1. The molecule has 0 spiro atoms. The number of nitrogens with zero attached hydrogens (tertiary/aromatic N) is 4. The van der Waals surface area contributed by atoms with E-state index in [1.807, 2.05) is 12.1 Å². The first-order valence-electron chi connectivity index (χ1n) is 9.78. The van der Waals surface area contributed by atoms with Gasteiger partial charge in [-0.2, -0.15) is 23.7 Å². The second-order valence-corrected chi connectivity index (χ2v) is 8.20. The number of hydrogen-bond donors (Lipinski definition) is 0. The molecule has 0 N–H and O–H groups in total. The topological polar surface area (TPSA) is 71.1 Å². The monoisotopic (exact) mass is 456 g/mol. The third-order valence-electron chi connectivity index (χ3n) is 5.30. The summed E-state index contributed by atoms with van der Waals surface area (Å²) in [4.78, 5) is 15.9. The molecular formula is C23H19F3N4OS. The van der Waals surface area contributed by atoms with Crippen LogP contribution < -0.4 is 9.80 Å². The van der Waals surface area contributed by atoms with E-state index in [0.29, 0.717) is 12.1 Å². The van der Waals surface area contributed by atoms with E-state index in [1.54, 1.807) is 30.9 Å². The zero-order valence-electron chi connectivity index (χ0n) is 17.4. The van der Waals surface area contributed by atoms with Crippen LogP contribution in [-0.2, 0) is 17.4 Å². The van der Waals surface area contributed by atoms with Gasteiger partial charge in [-0.05, 0) is 74.8 Å². The molecule has 1 saturated heterocycles. The number of halogens is 3. The normalized spacial score (nSPS) is 15.6. The van der Waals surface area contributed by atoms with Crippen molar-refractivity contribution in [1.29, 1.82) is 10.5 Å². The average Bonchev–Trinajstić information content (AvgIpc) is 2.92. The third kappa shape index (κ3) is 4.17. The van der Waals surface area contributed by atoms with Crippen LogP contribution in [0.5, 0.6) is 0 Å². The maximum absolute atomic E-state index is 13.4. The zero-order valence-corrected chi connectivity index (χ0v) is 18.2. The van der Waals surface area contributed by atoms with E-state index in [1.165, 1.54) is 12.1 Å². The van der Waals surface area contributed by atoms with Gasteiger partial charge in [-0.3, -0.25) is 9.69 Å². The molecule has 0 bridgehead atoms. The maximum Gasteiger partial charge on any atom is 0.417 e. The molecule has 164 valence electrons. The average molecular weight is 456 g/mol. The van der Waals surface area contributed by atoms with Crippen molar-refractivity contribution in [2.75, 3.05) is 9.80 Å². The lowest BCUT2D eigenvalue weighted by Crippen LogP contribution is -2.44. The van der Waals surface area contributed by atoms with Gasteiger partial charge in [0.15, 0.2) is 5.11 Å². The molecule has 5 nitrogen and oxygen atoms in total. The quantitative estimate of drug-likeness (QED) is 0.449. The number of unbranched alkanes of at least 4 members (excludes halogenated alkanes) is 1. The Bertz CT molecular complexity index is 1140. The second kappa shape index (κ2) is 8.60. The Balaban J connectivity index is 1.97. The molecule has 1 heterocycles. The Kier molecular flexibility index (Phi) is 6.25. The smallest absolute Gasteiger partial charge is 0.304 e. The summed E-state index contributed by atoms with van der Waals surface area (Å²) in [5.74, 6) is -0.474. The Morgan fingerprint density at radius 3 is 2.25 bits per heavy atom. The molecule has 2 aromatic rings. The lowest BCUT2D eigenvalue weighted by Gasteiger charge is -2.29. The molecule has 1 aliphatic heterocycles. The SMILES string of the molecule is CC1(C)C(=O)N(c2ccc(C#N)c(C(F)(F)F)c2)C(=S)N1c1ccc(CCCC#N)cc1. The molecule has 32 heavy (non-hydrogen) atoms. The van der Waals surface area contributed by atoms with Crippen LogP contribution in [0.1, 0.15) is 43.4 Å². The molecule has 3 rings (SSSR count). The highest BCUT2D eigenvalue weighted by atomic mass is 32.1. The van der Waals surface area contributed by atoms with Crippen LogP contribution in [0.4, 0.5) is 24.5 Å². The van der Waals surface area contributed by atoms with Crippen molar-refractivity contribution in [1.82, 2.24) is 0 Å². The molecule has 9 heteroatoms. The molecule has 0 aromatic heterocycles. The minimum absolute atomic E-state index is 0.0463. The lowest BCUT2D eigenvalue weighted by atomic mass is 10.0. The summed E-state index contributed by atoms with van der Waals surface area (Å²) in [6.07, 6.45) is -2.82. The van der Waals surface area contributed by atoms with Gasteiger partial charge >= 0.3 is 6.18 Å². The molecule has 0 aliphatic carbocycles. The van der Waals surface area contributed by atoms with Crippen LogP contribution in [0.2, 0.25) is 0 Å². The highest BCUT2D eigenvalue weighted by molar-refractivity contribution is 7.81. The minimum atomic E-state index is -4.75. The van der Waals surface area contributed by atoms with Crippen LogP contribution in [0, 0.1) is 22.7 Å². The van der Waals surface area contributed by atoms with Gasteiger partial charge in [-0.1, -0.05) is 12.1 Å². The largest absolute Gasteiger partial charge is 0.417 e. The molecule has 1 aliphatic rings. The second-order valence-electron chi connectivity index (χ2n) is 7.84. The fourth-order valence-corrected chi connectivity index (χ4v) is 4.16. The first-order valence-corrected chi connectivity index (χ1v) is 10.2. The van der Waals surface area contributed by atoms with Gasteiger partial charge in [-0.15, -0.1) is 0 Å². The van der Waals surface area contributed by atoms with Crippen LogP contribution in [0.25, 0.3) is 0 Å². The summed E-state index contributed by atoms with van der Waals surface area (Å²) in [6, 6.07) is 14.1. The standard InChI is InChI=1S/C23H19F3N4OS/c1-22(2)20(31)29(18-11-8-16(14-28)19(13-18)23(24,25)26)21(32)30(22)17-9-6-15(7-10-17)5-3-4-12-27/h6-11,13H,3-5H2,1-2H3. The van der Waals surface area contributed by atoms with Gasteiger partial charge in [0.2, 0.25) is 0 Å². The van der Waals surface area contributed by atoms with Crippen molar-refractivity contribution in [2.24, 2.45) is 0 Å². The van der Waals surface area contributed by atoms with E-state index in [0.717, 1.165) is 35.4 Å². The first kappa shape index (κ1) is 23.2.